The molecule has 1 amide bonds. The lowest BCUT2D eigenvalue weighted by Crippen LogP contribution is -2.56. The zero-order chi connectivity index (χ0) is 18.0. The first-order chi connectivity index (χ1) is 12.6. The molecule has 1 N–H and O–H groups in total. The predicted molar refractivity (Wildman–Crippen MR) is 101 cm³/mol. The van der Waals surface area contributed by atoms with Crippen molar-refractivity contribution >= 4 is 5.91 Å². The Morgan fingerprint density at radius 2 is 2.04 bits per heavy atom. The largest absolute Gasteiger partial charge is 0.336 e. The average molecular weight is 358 g/mol. The van der Waals surface area contributed by atoms with Gasteiger partial charge in [-0.05, 0) is 58.7 Å². The molecule has 0 aromatic carbocycles. The summed E-state index contributed by atoms with van der Waals surface area (Å²) in [7, 11) is 0. The van der Waals surface area contributed by atoms with E-state index in [1.807, 2.05) is 18.0 Å². The number of aryl methyl sites for hydroxylation is 1. The number of amides is 1. The van der Waals surface area contributed by atoms with Crippen molar-refractivity contribution in [1.82, 2.24) is 25.1 Å². The molecule has 1 aromatic heterocycles. The third-order valence-electron chi connectivity index (χ3n) is 6.45. The molecular weight excluding hydrogens is 326 g/mol. The van der Waals surface area contributed by atoms with Gasteiger partial charge in [0.2, 0.25) is 5.91 Å². The maximum atomic E-state index is 12.5. The van der Waals surface area contributed by atoms with E-state index in [-0.39, 0.29) is 11.3 Å². The molecule has 0 saturated carbocycles. The molecule has 4 heterocycles. The molecule has 0 aliphatic carbocycles. The van der Waals surface area contributed by atoms with Crippen LogP contribution in [0.15, 0.2) is 12.4 Å². The minimum atomic E-state index is 0.273. The zero-order valence-electron chi connectivity index (χ0n) is 15.9. The zero-order valence-corrected chi connectivity index (χ0v) is 15.9. The Kier molecular flexibility index (Phi) is 5.23. The van der Waals surface area contributed by atoms with Gasteiger partial charge < -0.3 is 10.2 Å². The lowest BCUT2D eigenvalue weighted by molar-refractivity contribution is -0.140. The van der Waals surface area contributed by atoms with E-state index in [2.05, 4.69) is 20.2 Å². The van der Waals surface area contributed by atoms with E-state index >= 15 is 0 Å². The summed E-state index contributed by atoms with van der Waals surface area (Å²) in [5.74, 6) is 0.275. The maximum absolute atomic E-state index is 12.5. The summed E-state index contributed by atoms with van der Waals surface area (Å²) < 4.78 is 0. The van der Waals surface area contributed by atoms with E-state index in [1.165, 1.54) is 32.2 Å². The number of hydrogen-bond donors (Lipinski definition) is 1. The van der Waals surface area contributed by atoms with Crippen LogP contribution in [-0.2, 0) is 11.3 Å². The Bertz CT molecular complexity index is 628. The van der Waals surface area contributed by atoms with Crippen LogP contribution in [-0.4, -0.2) is 64.4 Å². The Balaban J connectivity index is 1.44. The lowest BCUT2D eigenvalue weighted by atomic mass is 9.73. The molecule has 142 valence electrons. The highest BCUT2D eigenvalue weighted by atomic mass is 16.2. The first-order valence-corrected chi connectivity index (χ1v) is 10.1. The van der Waals surface area contributed by atoms with Crippen molar-refractivity contribution < 1.29 is 4.79 Å². The van der Waals surface area contributed by atoms with Crippen molar-refractivity contribution in [2.75, 3.05) is 32.7 Å². The standard InChI is InChI=1S/C20H31N5O/c1-16-11-23-17(12-22-16)13-25-15-20(7-3-19(25)26)6-2-10-24(14-20)18-4-8-21-9-5-18/h11-12,18,21H,2-10,13-15H2,1H3/t20-/m0/s1. The van der Waals surface area contributed by atoms with Gasteiger partial charge in [-0.2, -0.15) is 0 Å². The molecule has 3 aliphatic heterocycles. The smallest absolute Gasteiger partial charge is 0.222 e. The van der Waals surface area contributed by atoms with Crippen LogP contribution in [0.4, 0.5) is 0 Å². The normalized spacial score (nSPS) is 28.7. The highest BCUT2D eigenvalue weighted by Gasteiger charge is 2.43. The summed E-state index contributed by atoms with van der Waals surface area (Å²) in [5.41, 5.74) is 2.09. The minimum Gasteiger partial charge on any atom is -0.336 e. The number of piperidine rings is 3. The molecule has 0 unspecified atom stereocenters. The molecule has 1 aromatic rings. The molecule has 4 rings (SSSR count). The lowest BCUT2D eigenvalue weighted by Gasteiger charge is -2.50. The van der Waals surface area contributed by atoms with Crippen molar-refractivity contribution in [3.8, 4) is 0 Å². The third-order valence-corrected chi connectivity index (χ3v) is 6.45. The van der Waals surface area contributed by atoms with Gasteiger partial charge >= 0.3 is 0 Å². The van der Waals surface area contributed by atoms with Crippen molar-refractivity contribution in [2.45, 2.75) is 58.0 Å². The minimum absolute atomic E-state index is 0.273. The fraction of sp³-hybridized carbons (Fsp3) is 0.750. The molecular formula is C20H31N5O. The van der Waals surface area contributed by atoms with E-state index in [9.17, 15) is 4.79 Å². The van der Waals surface area contributed by atoms with E-state index < -0.39 is 0 Å². The second-order valence-corrected chi connectivity index (χ2v) is 8.45. The highest BCUT2D eigenvalue weighted by Crippen LogP contribution is 2.40. The Labute approximate surface area is 156 Å². The summed E-state index contributed by atoms with van der Waals surface area (Å²) >= 11 is 0. The number of likely N-dealkylation sites (tertiary alicyclic amines) is 2. The maximum Gasteiger partial charge on any atom is 0.222 e. The quantitative estimate of drug-likeness (QED) is 0.893. The molecule has 3 fully saturated rings. The van der Waals surface area contributed by atoms with Gasteiger partial charge in [0.05, 0.1) is 24.1 Å². The van der Waals surface area contributed by atoms with Crippen LogP contribution in [0.1, 0.15) is 49.9 Å². The predicted octanol–water partition coefficient (Wildman–Crippen LogP) is 1.74. The third kappa shape index (κ3) is 3.91. The van der Waals surface area contributed by atoms with E-state index in [0.717, 1.165) is 50.0 Å². The van der Waals surface area contributed by atoms with Gasteiger partial charge in [-0.15, -0.1) is 0 Å². The summed E-state index contributed by atoms with van der Waals surface area (Å²) in [5, 5.41) is 3.48. The van der Waals surface area contributed by atoms with E-state index in [0.29, 0.717) is 13.0 Å². The molecule has 3 saturated heterocycles. The second-order valence-electron chi connectivity index (χ2n) is 8.45. The molecule has 3 aliphatic rings. The van der Waals surface area contributed by atoms with Gasteiger partial charge in [0, 0.05) is 37.2 Å². The van der Waals surface area contributed by atoms with Gasteiger partial charge in [0.1, 0.15) is 0 Å². The summed E-state index contributed by atoms with van der Waals surface area (Å²) in [6, 6.07) is 0.725. The average Bonchev–Trinajstić information content (AvgIpc) is 2.68. The number of rotatable bonds is 3. The van der Waals surface area contributed by atoms with E-state index in [4.69, 9.17) is 0 Å². The number of nitrogens with zero attached hydrogens (tertiary/aromatic N) is 4. The molecule has 6 heteroatoms. The van der Waals surface area contributed by atoms with Crippen molar-refractivity contribution in [3.63, 3.8) is 0 Å². The Morgan fingerprint density at radius 1 is 1.19 bits per heavy atom. The van der Waals surface area contributed by atoms with Gasteiger partial charge in [-0.1, -0.05) is 0 Å². The number of aromatic nitrogens is 2. The summed E-state index contributed by atoms with van der Waals surface area (Å²) in [6.45, 7) is 8.08. The van der Waals surface area contributed by atoms with Gasteiger partial charge in [0.25, 0.3) is 0 Å². The molecule has 0 bridgehead atoms. The van der Waals surface area contributed by atoms with Crippen LogP contribution in [0.5, 0.6) is 0 Å². The molecule has 0 radical (unpaired) electrons. The topological polar surface area (TPSA) is 61.4 Å². The van der Waals surface area contributed by atoms with Gasteiger partial charge in [-0.3, -0.25) is 19.7 Å². The molecule has 1 atom stereocenters. The Morgan fingerprint density at radius 3 is 2.81 bits per heavy atom. The van der Waals surface area contributed by atoms with E-state index in [1.54, 1.807) is 6.20 Å². The highest BCUT2D eigenvalue weighted by molar-refractivity contribution is 5.77. The summed E-state index contributed by atoms with van der Waals surface area (Å²) in [4.78, 5) is 26.1. The van der Waals surface area contributed by atoms with Crippen LogP contribution in [0, 0.1) is 12.3 Å². The monoisotopic (exact) mass is 357 g/mol. The Hall–Kier alpha value is -1.53. The molecule has 26 heavy (non-hydrogen) atoms. The fourth-order valence-corrected chi connectivity index (χ4v) is 5.01. The second kappa shape index (κ2) is 7.61. The van der Waals surface area contributed by atoms with Gasteiger partial charge in [-0.25, -0.2) is 0 Å². The van der Waals surface area contributed by atoms with Crippen LogP contribution >= 0.6 is 0 Å². The van der Waals surface area contributed by atoms with Crippen LogP contribution in [0.2, 0.25) is 0 Å². The first kappa shape index (κ1) is 17.9. The molecule has 1 spiro atoms. The fourth-order valence-electron chi connectivity index (χ4n) is 5.01. The number of carbonyl (C=O) groups is 1. The number of carbonyl (C=O) groups excluding carboxylic acids is 1. The SMILES string of the molecule is Cc1cnc(CN2C[C@@]3(CCCN(C4CCNCC4)C3)CCC2=O)cn1. The van der Waals surface area contributed by atoms with Crippen molar-refractivity contribution in [3.05, 3.63) is 23.8 Å². The molecule has 6 nitrogen and oxygen atoms in total. The van der Waals surface area contributed by atoms with Crippen molar-refractivity contribution in [2.24, 2.45) is 5.41 Å². The summed E-state index contributed by atoms with van der Waals surface area (Å²) in [6.07, 6.45) is 10.4. The van der Waals surface area contributed by atoms with Crippen LogP contribution in [0.3, 0.4) is 0 Å². The van der Waals surface area contributed by atoms with Gasteiger partial charge in [0.15, 0.2) is 0 Å². The number of hydrogen-bond acceptors (Lipinski definition) is 5. The van der Waals surface area contributed by atoms with Crippen molar-refractivity contribution in [1.29, 1.82) is 0 Å². The number of nitrogens with one attached hydrogen (secondary N) is 1. The van der Waals surface area contributed by atoms with Crippen LogP contribution in [0.25, 0.3) is 0 Å². The first-order valence-electron chi connectivity index (χ1n) is 10.1. The van der Waals surface area contributed by atoms with Crippen LogP contribution < -0.4 is 5.32 Å².